The molecule has 6 heteroatoms. The van der Waals surface area contributed by atoms with Gasteiger partial charge in [0.25, 0.3) is 0 Å². The Kier molecular flexibility index (Phi) is 9.36. The third kappa shape index (κ3) is 7.65. The standard InChI is InChI=1S/C9H23BrO3Si2/c1-5-11-14(3)13-15(4,12-6-2)9-7-8-10/h14H,5-9H2,1-4H3. The van der Waals surface area contributed by atoms with Crippen LogP contribution in [0, 0.1) is 0 Å². The van der Waals surface area contributed by atoms with Gasteiger partial charge in [-0.25, -0.2) is 0 Å². The average molecular weight is 315 g/mol. The van der Waals surface area contributed by atoms with Crippen molar-refractivity contribution < 1.29 is 13.0 Å². The minimum absolute atomic E-state index is 0.734. The van der Waals surface area contributed by atoms with Crippen LogP contribution in [0.25, 0.3) is 0 Å². The highest BCUT2D eigenvalue weighted by molar-refractivity contribution is 9.09. The van der Waals surface area contributed by atoms with Gasteiger partial charge in [0.05, 0.1) is 0 Å². The smallest absolute Gasteiger partial charge is 0.325 e. The van der Waals surface area contributed by atoms with Gasteiger partial charge in [-0.2, -0.15) is 0 Å². The Morgan fingerprint density at radius 3 is 2.40 bits per heavy atom. The molecule has 0 fully saturated rings. The molecule has 15 heavy (non-hydrogen) atoms. The van der Waals surface area contributed by atoms with E-state index in [1.165, 1.54) is 0 Å². The van der Waals surface area contributed by atoms with Gasteiger partial charge in [0.15, 0.2) is 0 Å². The Bertz CT molecular complexity index is 162. The van der Waals surface area contributed by atoms with Gasteiger partial charge in [-0.05, 0) is 39.4 Å². The number of halogens is 1. The van der Waals surface area contributed by atoms with Crippen LogP contribution >= 0.6 is 15.9 Å². The fraction of sp³-hybridized carbons (Fsp3) is 1.00. The lowest BCUT2D eigenvalue weighted by molar-refractivity contribution is 0.218. The summed E-state index contributed by atoms with van der Waals surface area (Å²) in [6, 6.07) is 1.04. The number of hydrogen-bond acceptors (Lipinski definition) is 3. The molecule has 0 heterocycles. The molecule has 2 unspecified atom stereocenters. The van der Waals surface area contributed by atoms with Gasteiger partial charge in [-0.3, -0.25) is 0 Å². The van der Waals surface area contributed by atoms with Crippen LogP contribution in [-0.2, 0) is 13.0 Å². The minimum Gasteiger partial charge on any atom is -0.417 e. The highest BCUT2D eigenvalue weighted by Gasteiger charge is 2.32. The summed E-state index contributed by atoms with van der Waals surface area (Å²) in [6.45, 7) is 9.71. The van der Waals surface area contributed by atoms with E-state index in [1.807, 2.05) is 13.8 Å². The summed E-state index contributed by atoms with van der Waals surface area (Å²) in [7, 11) is -3.44. The molecular formula is C9H23BrO3Si2. The van der Waals surface area contributed by atoms with Gasteiger partial charge >= 0.3 is 17.8 Å². The largest absolute Gasteiger partial charge is 0.417 e. The van der Waals surface area contributed by atoms with Crippen LogP contribution in [0.5, 0.6) is 0 Å². The monoisotopic (exact) mass is 314 g/mol. The van der Waals surface area contributed by atoms with Crippen molar-refractivity contribution in [1.29, 1.82) is 0 Å². The second-order valence-electron chi connectivity index (χ2n) is 3.50. The molecular weight excluding hydrogens is 292 g/mol. The summed E-state index contributed by atoms with van der Waals surface area (Å²) in [6.07, 6.45) is 1.11. The lowest BCUT2D eigenvalue weighted by Crippen LogP contribution is -2.44. The summed E-state index contributed by atoms with van der Waals surface area (Å²) < 4.78 is 17.4. The Morgan fingerprint density at radius 1 is 1.27 bits per heavy atom. The van der Waals surface area contributed by atoms with E-state index in [1.54, 1.807) is 0 Å². The highest BCUT2D eigenvalue weighted by atomic mass is 79.9. The van der Waals surface area contributed by atoms with Crippen molar-refractivity contribution in [2.75, 3.05) is 18.5 Å². The zero-order valence-electron chi connectivity index (χ0n) is 10.2. The Hall–Kier alpha value is 0.794. The SMILES string of the molecule is CCO[SiH](C)O[Si](C)(CCCBr)OCC. The lowest BCUT2D eigenvalue weighted by atomic mass is 10.6. The van der Waals surface area contributed by atoms with Crippen LogP contribution in [0.3, 0.4) is 0 Å². The van der Waals surface area contributed by atoms with E-state index in [-0.39, 0.29) is 0 Å². The van der Waals surface area contributed by atoms with Crippen molar-refractivity contribution >= 4 is 33.8 Å². The summed E-state index contributed by atoms with van der Waals surface area (Å²) >= 11 is 3.44. The van der Waals surface area contributed by atoms with E-state index in [9.17, 15) is 0 Å². The molecule has 0 amide bonds. The van der Waals surface area contributed by atoms with Crippen molar-refractivity contribution in [3.05, 3.63) is 0 Å². The van der Waals surface area contributed by atoms with Crippen molar-refractivity contribution in [3.63, 3.8) is 0 Å². The van der Waals surface area contributed by atoms with E-state index in [0.717, 1.165) is 31.0 Å². The molecule has 0 rings (SSSR count). The van der Waals surface area contributed by atoms with Crippen LogP contribution in [-0.4, -0.2) is 36.4 Å². The first kappa shape index (κ1) is 15.8. The van der Waals surface area contributed by atoms with Crippen LogP contribution < -0.4 is 0 Å². The average Bonchev–Trinajstić information content (AvgIpc) is 2.15. The van der Waals surface area contributed by atoms with E-state index in [2.05, 4.69) is 29.0 Å². The quantitative estimate of drug-likeness (QED) is 0.484. The third-order valence-electron chi connectivity index (χ3n) is 2.03. The lowest BCUT2D eigenvalue weighted by Gasteiger charge is -2.29. The molecule has 0 spiro atoms. The molecule has 3 nitrogen and oxygen atoms in total. The van der Waals surface area contributed by atoms with Gasteiger partial charge in [-0.15, -0.1) is 0 Å². The Labute approximate surface area is 105 Å². The summed E-state index contributed by atoms with van der Waals surface area (Å²) in [5, 5.41) is 1.01. The van der Waals surface area contributed by atoms with Crippen molar-refractivity contribution in [2.45, 2.75) is 39.4 Å². The molecule has 0 aromatic rings. The molecule has 0 saturated carbocycles. The summed E-state index contributed by atoms with van der Waals surface area (Å²) in [5.74, 6) is 0. The Balaban J connectivity index is 4.09. The zero-order valence-corrected chi connectivity index (χ0v) is 14.0. The maximum absolute atomic E-state index is 6.03. The summed E-state index contributed by atoms with van der Waals surface area (Å²) in [5.41, 5.74) is 0. The van der Waals surface area contributed by atoms with Crippen LogP contribution in [0.4, 0.5) is 0 Å². The van der Waals surface area contributed by atoms with E-state index < -0.39 is 17.8 Å². The second kappa shape index (κ2) is 8.89. The molecule has 2 atom stereocenters. The van der Waals surface area contributed by atoms with Gasteiger partial charge in [0.2, 0.25) is 0 Å². The van der Waals surface area contributed by atoms with Gasteiger partial charge in [0, 0.05) is 18.5 Å². The van der Waals surface area contributed by atoms with E-state index in [4.69, 9.17) is 13.0 Å². The van der Waals surface area contributed by atoms with Gasteiger partial charge < -0.3 is 13.0 Å². The predicted octanol–water partition coefficient (Wildman–Crippen LogP) is 2.78. The maximum atomic E-state index is 6.03. The third-order valence-corrected chi connectivity index (χ3v) is 8.88. The van der Waals surface area contributed by atoms with Crippen molar-refractivity contribution in [2.24, 2.45) is 0 Å². The topological polar surface area (TPSA) is 27.7 Å². The maximum Gasteiger partial charge on any atom is 0.325 e. The molecule has 0 saturated heterocycles. The molecule has 0 aliphatic carbocycles. The van der Waals surface area contributed by atoms with Crippen molar-refractivity contribution in [3.8, 4) is 0 Å². The number of hydrogen-bond donors (Lipinski definition) is 0. The van der Waals surface area contributed by atoms with Crippen LogP contribution in [0.2, 0.25) is 19.1 Å². The first-order valence-electron chi connectivity index (χ1n) is 5.57. The normalized spacial score (nSPS) is 17.4. The van der Waals surface area contributed by atoms with Crippen LogP contribution in [0.15, 0.2) is 0 Å². The van der Waals surface area contributed by atoms with Crippen molar-refractivity contribution in [1.82, 2.24) is 0 Å². The molecule has 0 aliphatic rings. The summed E-state index contributed by atoms with van der Waals surface area (Å²) in [4.78, 5) is 0. The van der Waals surface area contributed by atoms with Crippen LogP contribution in [0.1, 0.15) is 20.3 Å². The first-order chi connectivity index (χ1) is 7.08. The number of rotatable bonds is 9. The predicted molar refractivity (Wildman–Crippen MR) is 72.2 cm³/mol. The molecule has 0 bridgehead atoms. The molecule has 92 valence electrons. The fourth-order valence-corrected chi connectivity index (χ4v) is 8.14. The fourth-order valence-electron chi connectivity index (χ4n) is 1.48. The Morgan fingerprint density at radius 2 is 1.93 bits per heavy atom. The van der Waals surface area contributed by atoms with Gasteiger partial charge in [-0.1, -0.05) is 15.9 Å². The molecule has 0 aromatic heterocycles. The van der Waals surface area contributed by atoms with E-state index in [0.29, 0.717) is 0 Å². The zero-order chi connectivity index (χ0) is 11.7. The first-order valence-corrected chi connectivity index (χ1v) is 11.3. The number of alkyl halides is 1. The van der Waals surface area contributed by atoms with E-state index >= 15 is 0 Å². The highest BCUT2D eigenvalue weighted by Crippen LogP contribution is 2.18. The second-order valence-corrected chi connectivity index (χ2v) is 9.76. The minimum atomic E-state index is -1.96. The molecule has 0 radical (unpaired) electrons. The van der Waals surface area contributed by atoms with Gasteiger partial charge in [0.1, 0.15) is 0 Å². The molecule has 0 aliphatic heterocycles. The molecule has 0 aromatic carbocycles. The molecule has 0 N–H and O–H groups in total.